The fourth-order valence-electron chi connectivity index (χ4n) is 5.07. The summed E-state index contributed by atoms with van der Waals surface area (Å²) in [7, 11) is -1.04. The lowest BCUT2D eigenvalue weighted by molar-refractivity contribution is 0.224. The van der Waals surface area contributed by atoms with Crippen molar-refractivity contribution in [1.29, 1.82) is 0 Å². The van der Waals surface area contributed by atoms with E-state index in [2.05, 4.69) is 19.9 Å². The first-order valence-electron chi connectivity index (χ1n) is 10.2. The molecule has 1 N–H and O–H groups in total. The lowest BCUT2D eigenvalue weighted by Crippen LogP contribution is -2.35. The topological polar surface area (TPSA) is 92.1 Å². The second-order valence-corrected chi connectivity index (χ2v) is 10.3. The molecule has 5 rings (SSSR count). The van der Waals surface area contributed by atoms with Gasteiger partial charge < -0.3 is 10.0 Å². The first-order chi connectivity index (χ1) is 14.1. The van der Waals surface area contributed by atoms with E-state index in [1.807, 2.05) is 0 Å². The van der Waals surface area contributed by atoms with Crippen LogP contribution in [0.25, 0.3) is 0 Å². The highest BCUT2D eigenvalue weighted by Gasteiger charge is 2.49. The summed E-state index contributed by atoms with van der Waals surface area (Å²) in [5.74, 6) is 2.79. The molecule has 1 spiro atoms. The van der Waals surface area contributed by atoms with Crippen molar-refractivity contribution in [1.82, 2.24) is 19.9 Å². The summed E-state index contributed by atoms with van der Waals surface area (Å²) in [4.78, 5) is 21.2. The van der Waals surface area contributed by atoms with Crippen LogP contribution >= 0.6 is 11.6 Å². The molecular formula is C20H24ClN5O2S. The summed E-state index contributed by atoms with van der Waals surface area (Å²) in [5, 5.41) is 10.1. The number of nitrogens with zero attached hydrogens (tertiary/aromatic N) is 5. The van der Waals surface area contributed by atoms with Gasteiger partial charge in [-0.3, -0.25) is 4.21 Å². The highest BCUT2D eigenvalue weighted by Crippen LogP contribution is 2.50. The number of halogens is 1. The first kappa shape index (κ1) is 19.3. The van der Waals surface area contributed by atoms with E-state index in [0.29, 0.717) is 16.7 Å². The van der Waals surface area contributed by atoms with Crippen molar-refractivity contribution in [2.45, 2.75) is 48.3 Å². The van der Waals surface area contributed by atoms with Crippen LogP contribution in [0, 0.1) is 5.92 Å². The summed E-state index contributed by atoms with van der Waals surface area (Å²) in [6, 6.07) is 0. The van der Waals surface area contributed by atoms with Crippen molar-refractivity contribution in [2.75, 3.05) is 30.3 Å². The third-order valence-electron chi connectivity index (χ3n) is 6.65. The molecule has 2 aromatic heterocycles. The van der Waals surface area contributed by atoms with Crippen LogP contribution in [0.2, 0.25) is 5.02 Å². The van der Waals surface area contributed by atoms with Crippen LogP contribution in [-0.4, -0.2) is 54.7 Å². The fraction of sp³-hybridized carbons (Fsp3) is 0.600. The van der Waals surface area contributed by atoms with E-state index >= 15 is 0 Å². The standard InChI is InChI=1S/C20H24ClN5O2S/c21-15-8-22-18(23-9-15)14-2-5-26(6-3-14)19-24-10-16-17(25-19)20(12-29(16)28)4-1-13(7-20)11-27/h8-10,13-14,27H,1-7,11-12H2/t13?,20?,29-/m0/s1. The van der Waals surface area contributed by atoms with Crippen LogP contribution in [0.15, 0.2) is 23.5 Å². The first-order valence-corrected chi connectivity index (χ1v) is 11.9. The van der Waals surface area contributed by atoms with E-state index in [1.165, 1.54) is 0 Å². The maximum absolute atomic E-state index is 12.7. The van der Waals surface area contributed by atoms with Crippen molar-refractivity contribution in [3.05, 3.63) is 35.1 Å². The van der Waals surface area contributed by atoms with Gasteiger partial charge in [0.25, 0.3) is 0 Å². The second kappa shape index (κ2) is 7.56. The van der Waals surface area contributed by atoms with Gasteiger partial charge in [-0.1, -0.05) is 11.6 Å². The number of rotatable bonds is 3. The zero-order valence-corrected chi connectivity index (χ0v) is 17.7. The molecule has 1 aliphatic carbocycles. The molecule has 2 aromatic rings. The number of fused-ring (bicyclic) bond motifs is 2. The van der Waals surface area contributed by atoms with E-state index in [1.54, 1.807) is 18.6 Å². The van der Waals surface area contributed by atoms with Gasteiger partial charge in [0.15, 0.2) is 0 Å². The highest BCUT2D eigenvalue weighted by atomic mass is 35.5. The molecule has 0 amide bonds. The van der Waals surface area contributed by atoms with Gasteiger partial charge in [-0.25, -0.2) is 19.9 Å². The van der Waals surface area contributed by atoms with Gasteiger partial charge >= 0.3 is 0 Å². The third-order valence-corrected chi connectivity index (χ3v) is 8.45. The molecule has 1 saturated carbocycles. The number of hydrogen-bond donors (Lipinski definition) is 1. The quantitative estimate of drug-likeness (QED) is 0.794. The Morgan fingerprint density at radius 1 is 1.17 bits per heavy atom. The lowest BCUT2D eigenvalue weighted by Gasteiger charge is -2.32. The van der Waals surface area contributed by atoms with E-state index < -0.39 is 10.8 Å². The van der Waals surface area contributed by atoms with E-state index in [9.17, 15) is 9.32 Å². The Hall–Kier alpha value is -1.64. The summed E-state index contributed by atoms with van der Waals surface area (Å²) >= 11 is 5.89. The van der Waals surface area contributed by atoms with Crippen molar-refractivity contribution < 1.29 is 9.32 Å². The van der Waals surface area contributed by atoms with E-state index in [-0.39, 0.29) is 17.9 Å². The zero-order chi connectivity index (χ0) is 20.0. The number of aliphatic hydroxyl groups is 1. The average molecular weight is 434 g/mol. The Morgan fingerprint density at radius 3 is 2.62 bits per heavy atom. The van der Waals surface area contributed by atoms with Crippen molar-refractivity contribution >= 4 is 28.3 Å². The number of hydrogen-bond acceptors (Lipinski definition) is 7. The van der Waals surface area contributed by atoms with Crippen molar-refractivity contribution in [3.8, 4) is 0 Å². The molecule has 0 aromatic carbocycles. The van der Waals surface area contributed by atoms with Crippen LogP contribution in [0.5, 0.6) is 0 Å². The molecule has 154 valence electrons. The number of aromatic nitrogens is 4. The van der Waals surface area contributed by atoms with Crippen LogP contribution in [0.4, 0.5) is 5.95 Å². The Morgan fingerprint density at radius 2 is 1.93 bits per heavy atom. The third kappa shape index (κ3) is 3.45. The predicted octanol–water partition coefficient (Wildman–Crippen LogP) is 2.46. The zero-order valence-electron chi connectivity index (χ0n) is 16.1. The van der Waals surface area contributed by atoms with Crippen LogP contribution in [0.1, 0.15) is 49.5 Å². The molecule has 1 saturated heterocycles. The summed E-state index contributed by atoms with van der Waals surface area (Å²) in [5.41, 5.74) is 0.806. The van der Waals surface area contributed by atoms with Gasteiger partial charge in [0.05, 0.1) is 26.4 Å². The monoisotopic (exact) mass is 433 g/mol. The largest absolute Gasteiger partial charge is 0.396 e. The lowest BCUT2D eigenvalue weighted by atomic mass is 9.84. The molecule has 0 bridgehead atoms. The number of aliphatic hydroxyl groups excluding tert-OH is 1. The van der Waals surface area contributed by atoms with Crippen LogP contribution in [-0.2, 0) is 16.2 Å². The number of piperidine rings is 1. The van der Waals surface area contributed by atoms with Gasteiger partial charge in [-0.05, 0) is 38.0 Å². The fourth-order valence-corrected chi connectivity index (χ4v) is 6.87. The van der Waals surface area contributed by atoms with Gasteiger partial charge in [0.1, 0.15) is 5.82 Å². The molecule has 3 atom stereocenters. The molecule has 0 radical (unpaired) electrons. The summed E-state index contributed by atoms with van der Waals surface area (Å²) < 4.78 is 12.7. The maximum Gasteiger partial charge on any atom is 0.225 e. The number of anilines is 1. The van der Waals surface area contributed by atoms with Crippen molar-refractivity contribution in [3.63, 3.8) is 0 Å². The normalized spacial score (nSPS) is 29.5. The molecule has 3 aliphatic rings. The summed E-state index contributed by atoms with van der Waals surface area (Å²) in [6.45, 7) is 1.87. The van der Waals surface area contributed by atoms with E-state index in [4.69, 9.17) is 16.6 Å². The SMILES string of the molecule is O=[S@]1CC2(CCC(CO)C2)c2nc(N3CCC(c4ncc(Cl)cn4)CC3)ncc21. The predicted molar refractivity (Wildman–Crippen MR) is 111 cm³/mol. The molecule has 7 nitrogen and oxygen atoms in total. The van der Waals surface area contributed by atoms with Crippen molar-refractivity contribution in [2.24, 2.45) is 5.92 Å². The minimum absolute atomic E-state index is 0.152. The molecular weight excluding hydrogens is 410 g/mol. The minimum atomic E-state index is -1.04. The molecule has 29 heavy (non-hydrogen) atoms. The Labute approximate surface area is 177 Å². The van der Waals surface area contributed by atoms with Gasteiger partial charge in [0.2, 0.25) is 5.95 Å². The van der Waals surface area contributed by atoms with Crippen LogP contribution in [0.3, 0.4) is 0 Å². The smallest absolute Gasteiger partial charge is 0.225 e. The Kier molecular flexibility index (Phi) is 5.04. The Balaban J connectivity index is 1.34. The maximum atomic E-state index is 12.7. The second-order valence-electron chi connectivity index (χ2n) is 8.47. The highest BCUT2D eigenvalue weighted by molar-refractivity contribution is 7.85. The minimum Gasteiger partial charge on any atom is -0.396 e. The average Bonchev–Trinajstić information content (AvgIpc) is 3.29. The van der Waals surface area contributed by atoms with Crippen LogP contribution < -0.4 is 4.90 Å². The molecule has 2 aliphatic heterocycles. The van der Waals surface area contributed by atoms with Gasteiger partial charge in [0, 0.05) is 55.4 Å². The van der Waals surface area contributed by atoms with Gasteiger partial charge in [-0.15, -0.1) is 0 Å². The molecule has 2 unspecified atom stereocenters. The molecule has 9 heteroatoms. The molecule has 2 fully saturated rings. The van der Waals surface area contributed by atoms with Gasteiger partial charge in [-0.2, -0.15) is 0 Å². The molecule has 4 heterocycles. The summed E-state index contributed by atoms with van der Waals surface area (Å²) in [6.07, 6.45) is 9.74. The van der Waals surface area contributed by atoms with E-state index in [0.717, 1.165) is 67.6 Å². The Bertz CT molecular complexity index is 935.